The Hall–Kier alpha value is -1.76. The number of amides is 2. The zero-order chi connectivity index (χ0) is 14.4. The first-order chi connectivity index (χ1) is 8.90. The van der Waals surface area contributed by atoms with Crippen molar-refractivity contribution in [3.8, 4) is 5.75 Å². The van der Waals surface area contributed by atoms with Gasteiger partial charge < -0.3 is 20.4 Å². The van der Waals surface area contributed by atoms with Crippen LogP contribution in [0.4, 0.5) is 4.79 Å². The van der Waals surface area contributed by atoms with Crippen LogP contribution in [0.5, 0.6) is 5.75 Å². The van der Waals surface area contributed by atoms with Crippen LogP contribution in [-0.4, -0.2) is 40.7 Å². The molecular formula is C12H15BrN2O4. The molecule has 0 spiro atoms. The fraction of sp³-hybridized carbons (Fsp3) is 0.333. The average Bonchev–Trinajstić information content (AvgIpc) is 2.36. The van der Waals surface area contributed by atoms with E-state index in [2.05, 4.69) is 21.2 Å². The van der Waals surface area contributed by atoms with Gasteiger partial charge in [-0.05, 0) is 33.6 Å². The highest BCUT2D eigenvalue weighted by Crippen LogP contribution is 2.24. The van der Waals surface area contributed by atoms with E-state index in [0.717, 1.165) is 5.56 Å². The van der Waals surface area contributed by atoms with Gasteiger partial charge in [0, 0.05) is 20.1 Å². The number of carboxylic acid groups (broad SMARTS) is 1. The van der Waals surface area contributed by atoms with E-state index in [4.69, 9.17) is 5.11 Å². The summed E-state index contributed by atoms with van der Waals surface area (Å²) in [6, 6.07) is 4.58. The summed E-state index contributed by atoms with van der Waals surface area (Å²) in [7, 11) is 1.53. The van der Waals surface area contributed by atoms with Gasteiger partial charge in [-0.1, -0.05) is 6.07 Å². The van der Waals surface area contributed by atoms with Gasteiger partial charge in [-0.15, -0.1) is 0 Å². The number of rotatable bonds is 5. The van der Waals surface area contributed by atoms with Crippen LogP contribution in [0.25, 0.3) is 0 Å². The van der Waals surface area contributed by atoms with Crippen molar-refractivity contribution in [1.29, 1.82) is 0 Å². The molecule has 0 radical (unpaired) electrons. The monoisotopic (exact) mass is 330 g/mol. The van der Waals surface area contributed by atoms with Crippen LogP contribution in [0.1, 0.15) is 12.0 Å². The second-order valence-electron chi connectivity index (χ2n) is 4.01. The second kappa shape index (κ2) is 6.98. The van der Waals surface area contributed by atoms with Crippen molar-refractivity contribution in [3.05, 3.63) is 28.2 Å². The van der Waals surface area contributed by atoms with E-state index >= 15 is 0 Å². The molecule has 0 aromatic heterocycles. The number of urea groups is 1. The molecule has 1 aromatic carbocycles. The lowest BCUT2D eigenvalue weighted by molar-refractivity contribution is -0.137. The largest absolute Gasteiger partial charge is 0.507 e. The predicted molar refractivity (Wildman–Crippen MR) is 72.9 cm³/mol. The van der Waals surface area contributed by atoms with Crippen molar-refractivity contribution in [3.63, 3.8) is 0 Å². The zero-order valence-electron chi connectivity index (χ0n) is 10.4. The highest BCUT2D eigenvalue weighted by Gasteiger charge is 2.09. The van der Waals surface area contributed by atoms with Gasteiger partial charge in [-0.2, -0.15) is 0 Å². The molecule has 0 saturated carbocycles. The highest BCUT2D eigenvalue weighted by molar-refractivity contribution is 9.10. The number of carboxylic acids is 1. The Morgan fingerprint density at radius 2 is 2.11 bits per heavy atom. The molecule has 19 heavy (non-hydrogen) atoms. The standard InChI is InChI=1S/C12H15BrN2O4/c1-15(5-4-11(17)18)12(19)14-7-8-2-3-10(16)9(13)6-8/h2-3,6,16H,4-5,7H2,1H3,(H,14,19)(H,17,18). The quantitative estimate of drug-likeness (QED) is 0.767. The van der Waals surface area contributed by atoms with E-state index in [-0.39, 0.29) is 24.7 Å². The summed E-state index contributed by atoms with van der Waals surface area (Å²) in [5, 5.41) is 20.5. The van der Waals surface area contributed by atoms with Crippen molar-refractivity contribution >= 4 is 27.9 Å². The predicted octanol–water partition coefficient (Wildman–Crippen LogP) is 1.77. The van der Waals surface area contributed by atoms with E-state index < -0.39 is 5.97 Å². The Bertz CT molecular complexity index is 479. The number of nitrogens with one attached hydrogen (secondary N) is 1. The summed E-state index contributed by atoms with van der Waals surface area (Å²) in [5.41, 5.74) is 0.824. The van der Waals surface area contributed by atoms with Gasteiger partial charge in [0.15, 0.2) is 0 Å². The van der Waals surface area contributed by atoms with E-state index in [9.17, 15) is 14.7 Å². The third-order valence-electron chi connectivity index (χ3n) is 2.46. The molecule has 0 aliphatic heterocycles. The number of halogens is 1. The Morgan fingerprint density at radius 3 is 2.68 bits per heavy atom. The summed E-state index contributed by atoms with van der Waals surface area (Å²) in [5.74, 6) is -0.809. The molecule has 0 aliphatic rings. The minimum Gasteiger partial charge on any atom is -0.507 e. The van der Waals surface area contributed by atoms with Crippen molar-refractivity contribution in [2.45, 2.75) is 13.0 Å². The van der Waals surface area contributed by atoms with E-state index in [1.165, 1.54) is 18.0 Å². The molecule has 104 valence electrons. The fourth-order valence-corrected chi connectivity index (χ4v) is 1.76. The number of carbonyl (C=O) groups excluding carboxylic acids is 1. The Labute approximate surface area is 119 Å². The third kappa shape index (κ3) is 5.17. The normalized spacial score (nSPS) is 10.0. The number of phenolic OH excluding ortho intramolecular Hbond substituents is 1. The molecule has 6 nitrogen and oxygen atoms in total. The van der Waals surface area contributed by atoms with Gasteiger partial charge in [0.2, 0.25) is 0 Å². The number of aliphatic carboxylic acids is 1. The molecule has 0 bridgehead atoms. The smallest absolute Gasteiger partial charge is 0.317 e. The molecule has 0 saturated heterocycles. The average molecular weight is 331 g/mol. The number of hydrogen-bond acceptors (Lipinski definition) is 3. The van der Waals surface area contributed by atoms with E-state index in [1.54, 1.807) is 12.1 Å². The van der Waals surface area contributed by atoms with Gasteiger partial charge >= 0.3 is 12.0 Å². The van der Waals surface area contributed by atoms with Crippen molar-refractivity contribution in [1.82, 2.24) is 10.2 Å². The van der Waals surface area contributed by atoms with Crippen LogP contribution >= 0.6 is 15.9 Å². The summed E-state index contributed by atoms with van der Waals surface area (Å²) in [4.78, 5) is 23.3. The topological polar surface area (TPSA) is 89.9 Å². The number of nitrogens with zero attached hydrogens (tertiary/aromatic N) is 1. The summed E-state index contributed by atoms with van der Waals surface area (Å²) in [6.07, 6.45) is -0.0886. The molecule has 7 heteroatoms. The van der Waals surface area contributed by atoms with Crippen molar-refractivity contribution < 1.29 is 19.8 Å². The SMILES string of the molecule is CN(CCC(=O)O)C(=O)NCc1ccc(O)c(Br)c1. The maximum atomic E-state index is 11.6. The molecule has 0 unspecified atom stereocenters. The lowest BCUT2D eigenvalue weighted by Crippen LogP contribution is -2.37. The summed E-state index contributed by atoms with van der Waals surface area (Å²) >= 11 is 3.18. The zero-order valence-corrected chi connectivity index (χ0v) is 12.0. The lowest BCUT2D eigenvalue weighted by Gasteiger charge is -2.17. The number of hydrogen-bond donors (Lipinski definition) is 3. The van der Waals surface area contributed by atoms with Gasteiger partial charge in [-0.25, -0.2) is 4.79 Å². The first-order valence-corrected chi connectivity index (χ1v) is 6.37. The molecule has 1 aromatic rings. The van der Waals surface area contributed by atoms with Crippen LogP contribution in [0.3, 0.4) is 0 Å². The third-order valence-corrected chi connectivity index (χ3v) is 3.10. The lowest BCUT2D eigenvalue weighted by atomic mass is 10.2. The fourth-order valence-electron chi connectivity index (χ4n) is 1.34. The van der Waals surface area contributed by atoms with E-state index in [0.29, 0.717) is 11.0 Å². The highest BCUT2D eigenvalue weighted by atomic mass is 79.9. The molecule has 2 amide bonds. The number of aromatic hydroxyl groups is 1. The van der Waals surface area contributed by atoms with E-state index in [1.807, 2.05) is 0 Å². The van der Waals surface area contributed by atoms with Crippen LogP contribution in [0, 0.1) is 0 Å². The minimum atomic E-state index is -0.942. The Balaban J connectivity index is 2.44. The molecule has 1 rings (SSSR count). The van der Waals surface area contributed by atoms with Crippen molar-refractivity contribution in [2.75, 3.05) is 13.6 Å². The van der Waals surface area contributed by atoms with Crippen LogP contribution < -0.4 is 5.32 Å². The number of benzene rings is 1. The number of carbonyl (C=O) groups is 2. The molecule has 0 atom stereocenters. The van der Waals surface area contributed by atoms with Crippen LogP contribution in [0.2, 0.25) is 0 Å². The second-order valence-corrected chi connectivity index (χ2v) is 4.86. The van der Waals surface area contributed by atoms with Crippen LogP contribution in [-0.2, 0) is 11.3 Å². The van der Waals surface area contributed by atoms with Gasteiger partial charge in [0.1, 0.15) is 5.75 Å². The molecule has 0 fully saturated rings. The van der Waals surface area contributed by atoms with Gasteiger partial charge in [0.25, 0.3) is 0 Å². The molecule has 3 N–H and O–H groups in total. The Kier molecular flexibility index (Phi) is 5.62. The maximum absolute atomic E-state index is 11.6. The summed E-state index contributed by atoms with van der Waals surface area (Å²) < 4.78 is 0.554. The van der Waals surface area contributed by atoms with Crippen molar-refractivity contribution in [2.24, 2.45) is 0 Å². The van der Waals surface area contributed by atoms with Gasteiger partial charge in [-0.3, -0.25) is 4.79 Å². The molecule has 0 heterocycles. The van der Waals surface area contributed by atoms with Crippen LogP contribution in [0.15, 0.2) is 22.7 Å². The maximum Gasteiger partial charge on any atom is 0.317 e. The Morgan fingerprint density at radius 1 is 1.42 bits per heavy atom. The molecule has 0 aliphatic carbocycles. The first kappa shape index (κ1) is 15.3. The minimum absolute atomic E-state index is 0.0886. The number of phenols is 1. The van der Waals surface area contributed by atoms with Gasteiger partial charge in [0.05, 0.1) is 10.9 Å². The molecular weight excluding hydrogens is 316 g/mol. The first-order valence-electron chi connectivity index (χ1n) is 5.58. The summed E-state index contributed by atoms with van der Waals surface area (Å²) in [6.45, 7) is 0.454.